The summed E-state index contributed by atoms with van der Waals surface area (Å²) >= 11 is 0. The lowest BCUT2D eigenvalue weighted by Crippen LogP contribution is -2.39. The molecule has 1 unspecified atom stereocenters. The van der Waals surface area contributed by atoms with Crippen LogP contribution in [0.5, 0.6) is 5.75 Å². The maximum absolute atomic E-state index is 12.6. The van der Waals surface area contributed by atoms with E-state index in [-0.39, 0.29) is 23.4 Å². The molecule has 1 amide bonds. The molecule has 146 valence electrons. The third-order valence-corrected chi connectivity index (χ3v) is 5.98. The van der Waals surface area contributed by atoms with Crippen LogP contribution in [0.4, 0.5) is 0 Å². The molecule has 0 fully saturated rings. The SMILES string of the molecule is CCOc1ccc(C(C)NC(=O)CN(C)S(=O)(=O)c2ccc(C)cc2)cc1. The van der Waals surface area contributed by atoms with Crippen molar-refractivity contribution < 1.29 is 17.9 Å². The van der Waals surface area contributed by atoms with Gasteiger partial charge < -0.3 is 10.1 Å². The molecule has 0 aromatic heterocycles. The summed E-state index contributed by atoms with van der Waals surface area (Å²) in [5, 5.41) is 2.83. The van der Waals surface area contributed by atoms with Gasteiger partial charge in [-0.2, -0.15) is 4.31 Å². The fourth-order valence-electron chi connectivity index (χ4n) is 2.57. The van der Waals surface area contributed by atoms with E-state index in [1.807, 2.05) is 45.0 Å². The zero-order valence-electron chi connectivity index (χ0n) is 16.1. The number of sulfonamides is 1. The maximum Gasteiger partial charge on any atom is 0.243 e. The number of nitrogens with zero attached hydrogens (tertiary/aromatic N) is 1. The molecule has 0 aliphatic rings. The van der Waals surface area contributed by atoms with E-state index in [9.17, 15) is 13.2 Å². The fourth-order valence-corrected chi connectivity index (χ4v) is 3.69. The van der Waals surface area contributed by atoms with Crippen LogP contribution in [0.1, 0.15) is 31.0 Å². The Morgan fingerprint density at radius 1 is 1.11 bits per heavy atom. The molecule has 0 bridgehead atoms. The van der Waals surface area contributed by atoms with E-state index in [1.54, 1.807) is 24.3 Å². The van der Waals surface area contributed by atoms with Gasteiger partial charge >= 0.3 is 0 Å². The van der Waals surface area contributed by atoms with Crippen LogP contribution in [0.25, 0.3) is 0 Å². The zero-order chi connectivity index (χ0) is 20.0. The Hall–Kier alpha value is -2.38. The molecule has 6 nitrogen and oxygen atoms in total. The Balaban J connectivity index is 1.98. The van der Waals surface area contributed by atoms with Crippen molar-refractivity contribution in [1.29, 1.82) is 0 Å². The second-order valence-corrected chi connectivity index (χ2v) is 8.41. The third-order valence-electron chi connectivity index (χ3n) is 4.16. The number of hydrogen-bond acceptors (Lipinski definition) is 4. The van der Waals surface area contributed by atoms with Gasteiger partial charge in [0.15, 0.2) is 0 Å². The van der Waals surface area contributed by atoms with E-state index in [2.05, 4.69) is 5.32 Å². The molecule has 1 atom stereocenters. The monoisotopic (exact) mass is 390 g/mol. The Bertz CT molecular complexity index is 862. The summed E-state index contributed by atoms with van der Waals surface area (Å²) in [5.41, 5.74) is 1.88. The molecule has 2 aromatic carbocycles. The predicted molar refractivity (Wildman–Crippen MR) is 105 cm³/mol. The number of aryl methyl sites for hydroxylation is 1. The van der Waals surface area contributed by atoms with Gasteiger partial charge in [0.1, 0.15) is 5.75 Å². The van der Waals surface area contributed by atoms with E-state index in [0.29, 0.717) is 6.61 Å². The molecule has 0 heterocycles. The average molecular weight is 391 g/mol. The minimum absolute atomic E-state index is 0.169. The van der Waals surface area contributed by atoms with Gasteiger partial charge in [-0.05, 0) is 50.6 Å². The highest BCUT2D eigenvalue weighted by Gasteiger charge is 2.23. The summed E-state index contributed by atoms with van der Waals surface area (Å²) in [6.07, 6.45) is 0. The molecule has 2 rings (SSSR count). The summed E-state index contributed by atoms with van der Waals surface area (Å²) < 4.78 is 31.6. The van der Waals surface area contributed by atoms with E-state index < -0.39 is 10.0 Å². The van der Waals surface area contributed by atoms with Crippen LogP contribution >= 0.6 is 0 Å². The molecule has 2 aromatic rings. The summed E-state index contributed by atoms with van der Waals surface area (Å²) in [6.45, 7) is 5.99. The molecule has 0 spiro atoms. The summed E-state index contributed by atoms with van der Waals surface area (Å²) in [5.74, 6) is 0.401. The van der Waals surface area contributed by atoms with Gasteiger partial charge in [-0.15, -0.1) is 0 Å². The summed E-state index contributed by atoms with van der Waals surface area (Å²) in [6, 6.07) is 13.7. The van der Waals surface area contributed by atoms with Crippen LogP contribution in [-0.2, 0) is 14.8 Å². The normalized spacial score (nSPS) is 12.6. The first-order valence-electron chi connectivity index (χ1n) is 8.79. The molecule has 0 saturated carbocycles. The molecule has 0 saturated heterocycles. The van der Waals surface area contributed by atoms with Crippen LogP contribution in [0.15, 0.2) is 53.4 Å². The largest absolute Gasteiger partial charge is 0.494 e. The molecule has 0 aliphatic carbocycles. The third kappa shape index (κ3) is 5.55. The van der Waals surface area contributed by atoms with E-state index >= 15 is 0 Å². The number of nitrogens with one attached hydrogen (secondary N) is 1. The fraction of sp³-hybridized carbons (Fsp3) is 0.350. The van der Waals surface area contributed by atoms with Crippen molar-refractivity contribution in [1.82, 2.24) is 9.62 Å². The van der Waals surface area contributed by atoms with Crippen molar-refractivity contribution in [2.24, 2.45) is 0 Å². The number of carbonyl (C=O) groups is 1. The molecule has 7 heteroatoms. The minimum Gasteiger partial charge on any atom is -0.494 e. The number of rotatable bonds is 8. The van der Waals surface area contributed by atoms with Crippen molar-refractivity contribution in [3.8, 4) is 5.75 Å². The van der Waals surface area contributed by atoms with Gasteiger partial charge in [0, 0.05) is 7.05 Å². The first-order chi connectivity index (χ1) is 12.7. The maximum atomic E-state index is 12.6. The first-order valence-corrected chi connectivity index (χ1v) is 10.2. The van der Waals surface area contributed by atoms with Crippen LogP contribution in [0.2, 0.25) is 0 Å². The van der Waals surface area contributed by atoms with Crippen LogP contribution in [0, 0.1) is 6.92 Å². The summed E-state index contributed by atoms with van der Waals surface area (Å²) in [7, 11) is -2.31. The molecular formula is C20H26N2O4S. The number of likely N-dealkylation sites (N-methyl/N-ethyl adjacent to an activating group) is 1. The second kappa shape index (κ2) is 9.01. The molecule has 1 N–H and O–H groups in total. The van der Waals surface area contributed by atoms with E-state index in [1.165, 1.54) is 7.05 Å². The Morgan fingerprint density at radius 2 is 1.70 bits per heavy atom. The molecule has 27 heavy (non-hydrogen) atoms. The lowest BCUT2D eigenvalue weighted by atomic mass is 10.1. The van der Waals surface area contributed by atoms with E-state index in [4.69, 9.17) is 4.74 Å². The number of hydrogen-bond donors (Lipinski definition) is 1. The van der Waals surface area contributed by atoms with Gasteiger partial charge in [-0.3, -0.25) is 4.79 Å². The molecular weight excluding hydrogens is 364 g/mol. The highest BCUT2D eigenvalue weighted by molar-refractivity contribution is 7.89. The topological polar surface area (TPSA) is 75.7 Å². The lowest BCUT2D eigenvalue weighted by molar-refractivity contribution is -0.121. The van der Waals surface area contributed by atoms with E-state index in [0.717, 1.165) is 21.2 Å². The van der Waals surface area contributed by atoms with Gasteiger partial charge in [-0.25, -0.2) is 8.42 Å². The lowest BCUT2D eigenvalue weighted by Gasteiger charge is -2.19. The second-order valence-electron chi connectivity index (χ2n) is 6.37. The number of amides is 1. The molecule has 0 radical (unpaired) electrons. The number of carbonyl (C=O) groups excluding carboxylic acids is 1. The van der Waals surface area contributed by atoms with Crippen LogP contribution < -0.4 is 10.1 Å². The van der Waals surface area contributed by atoms with Gasteiger partial charge in [0.05, 0.1) is 24.1 Å². The van der Waals surface area contributed by atoms with Crippen molar-refractivity contribution in [2.75, 3.05) is 20.2 Å². The summed E-state index contributed by atoms with van der Waals surface area (Å²) in [4.78, 5) is 12.5. The minimum atomic E-state index is -3.71. The predicted octanol–water partition coefficient (Wildman–Crippen LogP) is 2.89. The van der Waals surface area contributed by atoms with Crippen molar-refractivity contribution in [3.05, 3.63) is 59.7 Å². The van der Waals surface area contributed by atoms with Crippen LogP contribution in [0.3, 0.4) is 0 Å². The van der Waals surface area contributed by atoms with Crippen molar-refractivity contribution >= 4 is 15.9 Å². The molecule has 0 aliphatic heterocycles. The zero-order valence-corrected chi connectivity index (χ0v) is 16.9. The van der Waals surface area contributed by atoms with Crippen molar-refractivity contribution in [3.63, 3.8) is 0 Å². The van der Waals surface area contributed by atoms with Gasteiger partial charge in [0.25, 0.3) is 0 Å². The Kier molecular flexibility index (Phi) is 6.98. The highest BCUT2D eigenvalue weighted by atomic mass is 32.2. The van der Waals surface area contributed by atoms with Gasteiger partial charge in [0.2, 0.25) is 15.9 Å². The highest BCUT2D eigenvalue weighted by Crippen LogP contribution is 2.18. The Morgan fingerprint density at radius 3 is 2.26 bits per heavy atom. The Labute approximate surface area is 161 Å². The quantitative estimate of drug-likeness (QED) is 0.752. The average Bonchev–Trinajstić information content (AvgIpc) is 2.62. The standard InChI is InChI=1S/C20H26N2O4S/c1-5-26-18-10-8-17(9-11-18)16(3)21-20(23)14-22(4)27(24,25)19-12-6-15(2)7-13-19/h6-13,16H,5,14H2,1-4H3,(H,21,23). The van der Waals surface area contributed by atoms with Crippen LogP contribution in [-0.4, -0.2) is 38.8 Å². The van der Waals surface area contributed by atoms with Crippen molar-refractivity contribution in [2.45, 2.75) is 31.7 Å². The van der Waals surface area contributed by atoms with Gasteiger partial charge in [-0.1, -0.05) is 29.8 Å². The first kappa shape index (κ1) is 20.9. The smallest absolute Gasteiger partial charge is 0.243 e. The number of ether oxygens (including phenoxy) is 1. The number of benzene rings is 2.